The molecule has 0 aliphatic carbocycles. The van der Waals surface area contributed by atoms with Gasteiger partial charge in [-0.15, -0.1) is 0 Å². The first kappa shape index (κ1) is 14.7. The molecule has 0 fully saturated rings. The second-order valence-corrected chi connectivity index (χ2v) is 5.14. The summed E-state index contributed by atoms with van der Waals surface area (Å²) in [5.74, 6) is 0. The molecule has 3 nitrogen and oxygen atoms in total. The molecule has 0 atom stereocenters. The molecule has 102 valence electrons. The highest BCUT2D eigenvalue weighted by Crippen LogP contribution is 2.30. The molecule has 1 aromatic carbocycles. The third kappa shape index (κ3) is 4.14. The summed E-state index contributed by atoms with van der Waals surface area (Å²) in [6.07, 6.45) is -1.95. The Bertz CT molecular complexity index is 395. The van der Waals surface area contributed by atoms with Gasteiger partial charge in [-0.1, -0.05) is 13.8 Å². The minimum atomic E-state index is -2.56. The Morgan fingerprint density at radius 2 is 2.06 bits per heavy atom. The van der Waals surface area contributed by atoms with Gasteiger partial charge in [-0.3, -0.25) is 0 Å². The number of hydrogen-bond donors (Lipinski definition) is 3. The number of nitrogens with one attached hydrogen (secondary N) is 1. The van der Waals surface area contributed by atoms with Crippen LogP contribution in [0.1, 0.15) is 32.3 Å². The minimum absolute atomic E-state index is 0.0815. The number of halogens is 2. The van der Waals surface area contributed by atoms with E-state index in [9.17, 15) is 8.78 Å². The van der Waals surface area contributed by atoms with Crippen LogP contribution in [0.15, 0.2) is 18.2 Å². The van der Waals surface area contributed by atoms with E-state index in [0.717, 1.165) is 0 Å². The Morgan fingerprint density at radius 3 is 2.61 bits per heavy atom. The predicted molar refractivity (Wildman–Crippen MR) is 69.8 cm³/mol. The van der Waals surface area contributed by atoms with Gasteiger partial charge in [0.2, 0.25) is 0 Å². The number of aliphatic hydroxyl groups is 1. The van der Waals surface area contributed by atoms with Gasteiger partial charge in [0.1, 0.15) is 0 Å². The molecule has 4 N–H and O–H groups in total. The van der Waals surface area contributed by atoms with Crippen molar-refractivity contribution in [1.29, 1.82) is 0 Å². The number of alkyl halides is 2. The Morgan fingerprint density at radius 1 is 1.39 bits per heavy atom. The first-order chi connectivity index (χ1) is 8.35. The number of nitrogen functional groups attached to an aromatic ring is 1. The van der Waals surface area contributed by atoms with E-state index in [1.54, 1.807) is 12.1 Å². The van der Waals surface area contributed by atoms with Crippen LogP contribution in [-0.2, 0) is 0 Å². The number of aliphatic hydroxyl groups excluding tert-OH is 1. The van der Waals surface area contributed by atoms with Gasteiger partial charge in [-0.05, 0) is 30.0 Å². The van der Waals surface area contributed by atoms with E-state index < -0.39 is 6.43 Å². The van der Waals surface area contributed by atoms with Crippen molar-refractivity contribution in [3.05, 3.63) is 23.8 Å². The number of rotatable bonds is 6. The molecule has 5 heteroatoms. The summed E-state index contributed by atoms with van der Waals surface area (Å²) in [5.41, 5.74) is 5.97. The molecule has 0 saturated heterocycles. The molecule has 0 aromatic heterocycles. The highest BCUT2D eigenvalue weighted by molar-refractivity contribution is 5.58. The zero-order valence-corrected chi connectivity index (χ0v) is 10.7. The first-order valence-electron chi connectivity index (χ1n) is 5.88. The zero-order valence-electron chi connectivity index (χ0n) is 10.7. The Hall–Kier alpha value is -1.36. The average molecular weight is 258 g/mol. The molecule has 0 aliphatic heterocycles. The Labute approximate surface area is 106 Å². The molecule has 0 bridgehead atoms. The van der Waals surface area contributed by atoms with Crippen LogP contribution in [0.25, 0.3) is 0 Å². The van der Waals surface area contributed by atoms with Gasteiger partial charge in [0.15, 0.2) is 0 Å². The summed E-state index contributed by atoms with van der Waals surface area (Å²) in [5, 5.41) is 11.9. The highest BCUT2D eigenvalue weighted by atomic mass is 19.3. The largest absolute Gasteiger partial charge is 0.399 e. The minimum Gasteiger partial charge on any atom is -0.399 e. The van der Waals surface area contributed by atoms with Gasteiger partial charge < -0.3 is 16.2 Å². The fourth-order valence-electron chi connectivity index (χ4n) is 1.65. The van der Waals surface area contributed by atoms with E-state index in [0.29, 0.717) is 24.3 Å². The second-order valence-electron chi connectivity index (χ2n) is 5.14. The number of benzene rings is 1. The van der Waals surface area contributed by atoms with Crippen LogP contribution in [0.4, 0.5) is 20.2 Å². The molecule has 1 rings (SSSR count). The van der Waals surface area contributed by atoms with Gasteiger partial charge in [-0.25, -0.2) is 8.78 Å². The van der Waals surface area contributed by atoms with E-state index in [2.05, 4.69) is 5.32 Å². The fraction of sp³-hybridized carbons (Fsp3) is 0.538. The molecule has 0 heterocycles. The van der Waals surface area contributed by atoms with Crippen LogP contribution in [-0.4, -0.2) is 18.3 Å². The zero-order chi connectivity index (χ0) is 13.8. The van der Waals surface area contributed by atoms with Crippen molar-refractivity contribution >= 4 is 11.4 Å². The SMILES string of the molecule is CC(C)(CCO)CNc1ccc(N)cc1C(F)F. The van der Waals surface area contributed by atoms with Gasteiger partial charge in [-0.2, -0.15) is 0 Å². The molecule has 0 radical (unpaired) electrons. The van der Waals surface area contributed by atoms with E-state index in [-0.39, 0.29) is 17.6 Å². The molecular formula is C13H20F2N2O. The maximum atomic E-state index is 12.8. The lowest BCUT2D eigenvalue weighted by molar-refractivity contribution is 0.152. The second kappa shape index (κ2) is 6.00. The summed E-state index contributed by atoms with van der Waals surface area (Å²) in [6.45, 7) is 4.53. The fourth-order valence-corrected chi connectivity index (χ4v) is 1.65. The lowest BCUT2D eigenvalue weighted by Crippen LogP contribution is -2.24. The highest BCUT2D eigenvalue weighted by Gasteiger charge is 2.19. The maximum Gasteiger partial charge on any atom is 0.265 e. The third-order valence-corrected chi connectivity index (χ3v) is 2.86. The smallest absolute Gasteiger partial charge is 0.265 e. The summed E-state index contributed by atoms with van der Waals surface area (Å²) >= 11 is 0. The van der Waals surface area contributed by atoms with Crippen LogP contribution >= 0.6 is 0 Å². The van der Waals surface area contributed by atoms with Crippen molar-refractivity contribution < 1.29 is 13.9 Å². The molecule has 1 aromatic rings. The van der Waals surface area contributed by atoms with E-state index in [4.69, 9.17) is 10.8 Å². The Kier molecular flexibility index (Phi) is 4.90. The molecular weight excluding hydrogens is 238 g/mol. The summed E-state index contributed by atoms with van der Waals surface area (Å²) < 4.78 is 25.7. The average Bonchev–Trinajstić information content (AvgIpc) is 2.27. The van der Waals surface area contributed by atoms with Gasteiger partial charge in [0.05, 0.1) is 0 Å². The van der Waals surface area contributed by atoms with Crippen LogP contribution in [0.2, 0.25) is 0 Å². The van der Waals surface area contributed by atoms with E-state index >= 15 is 0 Å². The van der Waals surface area contributed by atoms with Crippen molar-refractivity contribution in [3.8, 4) is 0 Å². The predicted octanol–water partition coefficient (Wildman–Crippen LogP) is 3.03. The van der Waals surface area contributed by atoms with Crippen LogP contribution in [0.5, 0.6) is 0 Å². The maximum absolute atomic E-state index is 12.8. The molecule has 0 amide bonds. The topological polar surface area (TPSA) is 58.3 Å². The standard InChI is InChI=1S/C13H20F2N2O/c1-13(2,5-6-18)8-17-11-4-3-9(16)7-10(11)12(14)15/h3-4,7,12,17-18H,5-6,8,16H2,1-2H3. The molecule has 0 unspecified atom stereocenters. The molecule has 0 spiro atoms. The molecule has 0 saturated carbocycles. The van der Waals surface area contributed by atoms with Gasteiger partial charge >= 0.3 is 0 Å². The van der Waals surface area contributed by atoms with Crippen molar-refractivity contribution in [2.75, 3.05) is 24.2 Å². The lowest BCUT2D eigenvalue weighted by Gasteiger charge is -2.25. The van der Waals surface area contributed by atoms with E-state index in [1.165, 1.54) is 6.07 Å². The number of hydrogen-bond acceptors (Lipinski definition) is 3. The lowest BCUT2D eigenvalue weighted by atomic mass is 9.89. The molecule has 18 heavy (non-hydrogen) atoms. The molecule has 0 aliphatic rings. The number of anilines is 2. The van der Waals surface area contributed by atoms with Crippen LogP contribution in [0.3, 0.4) is 0 Å². The number of nitrogens with two attached hydrogens (primary N) is 1. The van der Waals surface area contributed by atoms with Crippen molar-refractivity contribution in [2.45, 2.75) is 26.7 Å². The Balaban J connectivity index is 2.78. The van der Waals surface area contributed by atoms with Gasteiger partial charge in [0, 0.05) is 30.1 Å². The monoisotopic (exact) mass is 258 g/mol. The first-order valence-corrected chi connectivity index (χ1v) is 5.88. The van der Waals surface area contributed by atoms with Crippen molar-refractivity contribution in [1.82, 2.24) is 0 Å². The summed E-state index contributed by atoms with van der Waals surface area (Å²) in [6, 6.07) is 4.44. The third-order valence-electron chi connectivity index (χ3n) is 2.86. The van der Waals surface area contributed by atoms with Crippen LogP contribution < -0.4 is 11.1 Å². The van der Waals surface area contributed by atoms with Crippen LogP contribution in [0, 0.1) is 5.41 Å². The van der Waals surface area contributed by atoms with Crippen molar-refractivity contribution in [3.63, 3.8) is 0 Å². The van der Waals surface area contributed by atoms with Gasteiger partial charge in [0.25, 0.3) is 6.43 Å². The quantitative estimate of drug-likeness (QED) is 0.687. The van der Waals surface area contributed by atoms with E-state index in [1.807, 2.05) is 13.8 Å². The van der Waals surface area contributed by atoms with Crippen molar-refractivity contribution in [2.24, 2.45) is 5.41 Å². The normalized spacial score (nSPS) is 11.9. The summed E-state index contributed by atoms with van der Waals surface area (Å²) in [4.78, 5) is 0. The summed E-state index contributed by atoms with van der Waals surface area (Å²) in [7, 11) is 0.